The lowest BCUT2D eigenvalue weighted by Crippen LogP contribution is -2.26. The third-order valence-corrected chi connectivity index (χ3v) is 3.07. The highest BCUT2D eigenvalue weighted by Gasteiger charge is 2.16. The third kappa shape index (κ3) is 1.67. The number of fused-ring (bicyclic) bond motifs is 1. The summed E-state index contributed by atoms with van der Waals surface area (Å²) < 4.78 is 0. The summed E-state index contributed by atoms with van der Waals surface area (Å²) in [6, 6.07) is 11.1. The molecule has 1 aliphatic rings. The van der Waals surface area contributed by atoms with Crippen LogP contribution in [0.5, 0.6) is 0 Å². The molecular weight excluding hydrogens is 184 g/mol. The van der Waals surface area contributed by atoms with Gasteiger partial charge in [0.1, 0.15) is 0 Å². The van der Waals surface area contributed by atoms with Crippen molar-refractivity contribution >= 4 is 16.6 Å². The molecule has 1 aromatic heterocycles. The van der Waals surface area contributed by atoms with Gasteiger partial charge in [0.15, 0.2) is 0 Å². The van der Waals surface area contributed by atoms with Crippen LogP contribution in [0.1, 0.15) is 19.3 Å². The lowest BCUT2D eigenvalue weighted by atomic mass is 9.93. The van der Waals surface area contributed by atoms with Gasteiger partial charge in [0.25, 0.3) is 0 Å². The standard InChI is InChI=1S/C13H14N2/c1-2-7-13-10(4-1)8-12(9-14-13)15-11-5-3-6-11/h1-2,4,7-9,11,15H,3,5-6H2. The number of para-hydroxylation sites is 1. The minimum absolute atomic E-state index is 0.674. The van der Waals surface area contributed by atoms with Gasteiger partial charge in [-0.2, -0.15) is 0 Å². The largest absolute Gasteiger partial charge is 0.381 e. The average molecular weight is 198 g/mol. The summed E-state index contributed by atoms with van der Waals surface area (Å²) in [5.74, 6) is 0. The van der Waals surface area contributed by atoms with Crippen LogP contribution in [0.2, 0.25) is 0 Å². The fourth-order valence-electron chi connectivity index (χ4n) is 1.94. The van der Waals surface area contributed by atoms with E-state index in [9.17, 15) is 0 Å². The predicted octanol–water partition coefficient (Wildman–Crippen LogP) is 3.20. The monoisotopic (exact) mass is 198 g/mol. The van der Waals surface area contributed by atoms with Crippen molar-refractivity contribution in [2.45, 2.75) is 25.3 Å². The second-order valence-corrected chi connectivity index (χ2v) is 4.19. The lowest BCUT2D eigenvalue weighted by Gasteiger charge is -2.27. The van der Waals surface area contributed by atoms with Gasteiger partial charge in [-0.05, 0) is 31.4 Å². The van der Waals surface area contributed by atoms with Crippen molar-refractivity contribution < 1.29 is 0 Å². The molecule has 1 N–H and O–H groups in total. The van der Waals surface area contributed by atoms with Gasteiger partial charge in [-0.1, -0.05) is 18.2 Å². The van der Waals surface area contributed by atoms with Crippen LogP contribution in [0, 0.1) is 0 Å². The Morgan fingerprint density at radius 3 is 2.87 bits per heavy atom. The Hall–Kier alpha value is -1.57. The second kappa shape index (κ2) is 3.54. The number of rotatable bonds is 2. The Balaban J connectivity index is 1.91. The van der Waals surface area contributed by atoms with Gasteiger partial charge in [0.2, 0.25) is 0 Å². The molecule has 2 heteroatoms. The molecule has 0 radical (unpaired) electrons. The van der Waals surface area contributed by atoms with Crippen molar-refractivity contribution in [3.8, 4) is 0 Å². The van der Waals surface area contributed by atoms with Crippen LogP contribution in [-0.2, 0) is 0 Å². The zero-order valence-electron chi connectivity index (χ0n) is 8.61. The number of anilines is 1. The normalized spacial score (nSPS) is 16.3. The Labute approximate surface area is 89.3 Å². The molecule has 76 valence electrons. The van der Waals surface area contributed by atoms with Crippen molar-refractivity contribution in [3.05, 3.63) is 36.5 Å². The van der Waals surface area contributed by atoms with Crippen molar-refractivity contribution in [2.75, 3.05) is 5.32 Å². The van der Waals surface area contributed by atoms with Gasteiger partial charge in [-0.15, -0.1) is 0 Å². The first-order valence-electron chi connectivity index (χ1n) is 5.53. The molecule has 2 nitrogen and oxygen atoms in total. The maximum atomic E-state index is 4.43. The van der Waals surface area contributed by atoms with E-state index in [4.69, 9.17) is 0 Å². The van der Waals surface area contributed by atoms with Crippen LogP contribution >= 0.6 is 0 Å². The molecule has 0 aliphatic heterocycles. The van der Waals surface area contributed by atoms with Gasteiger partial charge in [-0.3, -0.25) is 4.98 Å². The molecule has 3 rings (SSSR count). The molecule has 0 bridgehead atoms. The van der Waals surface area contributed by atoms with Crippen LogP contribution in [0.3, 0.4) is 0 Å². The summed E-state index contributed by atoms with van der Waals surface area (Å²) in [6.07, 6.45) is 5.89. The van der Waals surface area contributed by atoms with Gasteiger partial charge in [0.05, 0.1) is 17.4 Å². The van der Waals surface area contributed by atoms with E-state index in [0.717, 1.165) is 11.2 Å². The molecule has 1 fully saturated rings. The molecule has 15 heavy (non-hydrogen) atoms. The summed E-state index contributed by atoms with van der Waals surface area (Å²) in [6.45, 7) is 0. The predicted molar refractivity (Wildman–Crippen MR) is 63.0 cm³/mol. The van der Waals surface area contributed by atoms with Crippen molar-refractivity contribution in [2.24, 2.45) is 0 Å². The molecule has 1 aliphatic carbocycles. The Kier molecular flexibility index (Phi) is 2.05. The first-order valence-corrected chi connectivity index (χ1v) is 5.53. The summed E-state index contributed by atoms with van der Waals surface area (Å²) in [5.41, 5.74) is 2.22. The Bertz CT molecular complexity index is 475. The van der Waals surface area contributed by atoms with E-state index in [2.05, 4.69) is 28.5 Å². The minimum Gasteiger partial charge on any atom is -0.381 e. The average Bonchev–Trinajstić information content (AvgIpc) is 2.23. The topological polar surface area (TPSA) is 24.9 Å². The van der Waals surface area contributed by atoms with Crippen LogP contribution in [-0.4, -0.2) is 11.0 Å². The highest BCUT2D eigenvalue weighted by Crippen LogP contribution is 2.24. The van der Waals surface area contributed by atoms with Crippen LogP contribution in [0.25, 0.3) is 10.9 Å². The van der Waals surface area contributed by atoms with Gasteiger partial charge < -0.3 is 5.32 Å². The number of hydrogen-bond acceptors (Lipinski definition) is 2. The van der Waals surface area contributed by atoms with E-state index >= 15 is 0 Å². The van der Waals surface area contributed by atoms with Gasteiger partial charge in [-0.25, -0.2) is 0 Å². The van der Waals surface area contributed by atoms with Gasteiger partial charge >= 0.3 is 0 Å². The van der Waals surface area contributed by atoms with Gasteiger partial charge in [0, 0.05) is 11.4 Å². The zero-order chi connectivity index (χ0) is 10.1. The first-order chi connectivity index (χ1) is 7.42. The fourth-order valence-corrected chi connectivity index (χ4v) is 1.94. The van der Waals surface area contributed by atoms with E-state index in [-0.39, 0.29) is 0 Å². The molecule has 2 aromatic rings. The number of nitrogens with zero attached hydrogens (tertiary/aromatic N) is 1. The zero-order valence-corrected chi connectivity index (χ0v) is 8.61. The molecule has 1 aromatic carbocycles. The van der Waals surface area contributed by atoms with Crippen molar-refractivity contribution in [3.63, 3.8) is 0 Å². The molecule has 0 atom stereocenters. The van der Waals surface area contributed by atoms with E-state index < -0.39 is 0 Å². The summed E-state index contributed by atoms with van der Waals surface area (Å²) in [5, 5.41) is 4.72. The quantitative estimate of drug-likeness (QED) is 0.801. The highest BCUT2D eigenvalue weighted by molar-refractivity contribution is 5.81. The van der Waals surface area contributed by atoms with Crippen molar-refractivity contribution in [1.82, 2.24) is 4.98 Å². The first kappa shape index (κ1) is 8.72. The fraction of sp³-hybridized carbons (Fsp3) is 0.308. The van der Waals surface area contributed by atoms with Crippen LogP contribution in [0.15, 0.2) is 36.5 Å². The lowest BCUT2D eigenvalue weighted by molar-refractivity contribution is 0.445. The van der Waals surface area contributed by atoms with E-state index in [1.807, 2.05) is 18.3 Å². The number of benzene rings is 1. The molecule has 1 saturated carbocycles. The molecule has 1 heterocycles. The molecule has 0 spiro atoms. The number of hydrogen-bond donors (Lipinski definition) is 1. The van der Waals surface area contributed by atoms with E-state index in [1.54, 1.807) is 0 Å². The van der Waals surface area contributed by atoms with E-state index in [1.165, 1.54) is 24.6 Å². The maximum Gasteiger partial charge on any atom is 0.0703 e. The summed E-state index contributed by atoms with van der Waals surface area (Å²) >= 11 is 0. The molecule has 0 unspecified atom stereocenters. The summed E-state index contributed by atoms with van der Waals surface area (Å²) in [7, 11) is 0. The Morgan fingerprint density at radius 1 is 1.20 bits per heavy atom. The summed E-state index contributed by atoms with van der Waals surface area (Å²) in [4.78, 5) is 4.43. The SMILES string of the molecule is c1ccc2ncc(NC3CCC3)cc2c1. The molecule has 0 amide bonds. The van der Waals surface area contributed by atoms with Crippen LogP contribution in [0.4, 0.5) is 5.69 Å². The number of aromatic nitrogens is 1. The number of nitrogens with one attached hydrogen (secondary N) is 1. The molecule has 0 saturated heterocycles. The molecular formula is C13H14N2. The highest BCUT2D eigenvalue weighted by atomic mass is 14.9. The maximum absolute atomic E-state index is 4.43. The van der Waals surface area contributed by atoms with E-state index in [0.29, 0.717) is 6.04 Å². The minimum atomic E-state index is 0.674. The van der Waals surface area contributed by atoms with Crippen molar-refractivity contribution in [1.29, 1.82) is 0 Å². The van der Waals surface area contributed by atoms with Crippen LogP contribution < -0.4 is 5.32 Å². The third-order valence-electron chi connectivity index (χ3n) is 3.07. The second-order valence-electron chi connectivity index (χ2n) is 4.19. The number of pyridine rings is 1. The Morgan fingerprint density at radius 2 is 2.07 bits per heavy atom. The smallest absolute Gasteiger partial charge is 0.0703 e.